The molecule has 0 heterocycles. The van der Waals surface area contributed by atoms with E-state index in [1.165, 1.54) is 0 Å². The van der Waals surface area contributed by atoms with Crippen LogP contribution in [0.4, 0.5) is 0 Å². The van der Waals surface area contributed by atoms with Gasteiger partial charge in [-0.3, -0.25) is 4.21 Å². The molecule has 0 spiro atoms. The lowest BCUT2D eigenvalue weighted by Crippen LogP contribution is -2.20. The highest BCUT2D eigenvalue weighted by Crippen LogP contribution is 2.39. The lowest BCUT2D eigenvalue weighted by atomic mass is 9.85. The van der Waals surface area contributed by atoms with Crippen LogP contribution in [0.1, 0.15) is 32.1 Å². The van der Waals surface area contributed by atoms with Crippen LogP contribution in [-0.2, 0) is 15.6 Å². The summed E-state index contributed by atoms with van der Waals surface area (Å²) in [6.07, 6.45) is 7.95. The fourth-order valence-electron chi connectivity index (χ4n) is 1.85. The smallest absolute Gasteiger partial charge is 0.126 e. The number of hydrogen-bond acceptors (Lipinski definition) is 2. The third kappa shape index (κ3) is 2.41. The van der Waals surface area contributed by atoms with Crippen molar-refractivity contribution in [3.63, 3.8) is 0 Å². The van der Waals surface area contributed by atoms with E-state index in [4.69, 9.17) is 0 Å². The molecule has 0 amide bonds. The molecule has 0 radical (unpaired) electrons. The molecule has 1 rings (SSSR count). The van der Waals surface area contributed by atoms with E-state index in [1.807, 2.05) is 0 Å². The maximum absolute atomic E-state index is 10.9. The number of hydrogen-bond donors (Lipinski definition) is 0. The van der Waals surface area contributed by atoms with Gasteiger partial charge in [-0.15, -0.1) is 0 Å². The number of carbonyl (C=O) groups excluding carboxylic acids is 1. The van der Waals surface area contributed by atoms with E-state index in [0.29, 0.717) is 5.75 Å². The predicted octanol–water partition coefficient (Wildman–Crippen LogP) is 1.51. The largest absolute Gasteiger partial charge is 0.303 e. The van der Waals surface area contributed by atoms with Crippen molar-refractivity contribution in [1.29, 1.82) is 0 Å². The number of carbonyl (C=O) groups is 1. The first-order valence-corrected chi connectivity index (χ1v) is 6.18. The zero-order valence-electron chi connectivity index (χ0n) is 7.54. The lowest BCUT2D eigenvalue weighted by molar-refractivity contribution is -0.116. The van der Waals surface area contributed by atoms with Crippen molar-refractivity contribution >= 4 is 17.1 Å². The van der Waals surface area contributed by atoms with Crippen LogP contribution in [0.2, 0.25) is 0 Å². The SMILES string of the molecule is CS(=O)CCC1(C=O)CCCC1. The molecular formula is C9H16O2S. The highest BCUT2D eigenvalue weighted by Gasteiger charge is 2.33. The average molecular weight is 188 g/mol. The second-order valence-corrected chi connectivity index (χ2v) is 5.27. The van der Waals surface area contributed by atoms with Gasteiger partial charge in [-0.25, -0.2) is 0 Å². The van der Waals surface area contributed by atoms with Crippen molar-refractivity contribution < 1.29 is 9.00 Å². The number of aldehydes is 1. The molecule has 1 atom stereocenters. The maximum atomic E-state index is 10.9. The highest BCUT2D eigenvalue weighted by molar-refractivity contribution is 7.84. The summed E-state index contributed by atoms with van der Waals surface area (Å²) in [5, 5.41) is 0. The minimum Gasteiger partial charge on any atom is -0.303 e. The lowest BCUT2D eigenvalue weighted by Gasteiger charge is -2.20. The van der Waals surface area contributed by atoms with Crippen LogP contribution in [0.15, 0.2) is 0 Å². The van der Waals surface area contributed by atoms with E-state index in [9.17, 15) is 9.00 Å². The van der Waals surface area contributed by atoms with Gasteiger partial charge in [0.25, 0.3) is 0 Å². The molecule has 70 valence electrons. The van der Waals surface area contributed by atoms with Crippen molar-refractivity contribution in [1.82, 2.24) is 0 Å². The van der Waals surface area contributed by atoms with Gasteiger partial charge in [-0.1, -0.05) is 12.8 Å². The molecule has 0 N–H and O–H groups in total. The van der Waals surface area contributed by atoms with Crippen molar-refractivity contribution in [2.75, 3.05) is 12.0 Å². The van der Waals surface area contributed by atoms with Gasteiger partial charge >= 0.3 is 0 Å². The molecule has 0 aromatic carbocycles. The Bertz CT molecular complexity index is 183. The fourth-order valence-corrected chi connectivity index (χ4v) is 2.55. The molecular weight excluding hydrogens is 172 g/mol. The summed E-state index contributed by atoms with van der Waals surface area (Å²) < 4.78 is 10.9. The maximum Gasteiger partial charge on any atom is 0.126 e. The first kappa shape index (κ1) is 9.90. The standard InChI is InChI=1S/C9H16O2S/c1-12(11)7-6-9(8-10)4-2-3-5-9/h8H,2-7H2,1H3. The first-order valence-electron chi connectivity index (χ1n) is 4.45. The molecule has 1 unspecified atom stereocenters. The molecule has 0 saturated heterocycles. The summed E-state index contributed by atoms with van der Waals surface area (Å²) in [5.74, 6) is 0.679. The van der Waals surface area contributed by atoms with Crippen LogP contribution < -0.4 is 0 Å². The zero-order chi connectivity index (χ0) is 9.03. The summed E-state index contributed by atoms with van der Waals surface area (Å²) >= 11 is 0. The Morgan fingerprint density at radius 1 is 1.42 bits per heavy atom. The number of rotatable bonds is 4. The molecule has 0 aromatic rings. The van der Waals surface area contributed by atoms with Crippen molar-refractivity contribution in [3.05, 3.63) is 0 Å². The summed E-state index contributed by atoms with van der Waals surface area (Å²) in [7, 11) is -0.748. The second-order valence-electron chi connectivity index (χ2n) is 3.71. The Kier molecular flexibility index (Phi) is 3.44. The van der Waals surface area contributed by atoms with Gasteiger partial charge in [0.2, 0.25) is 0 Å². The van der Waals surface area contributed by atoms with Crippen molar-refractivity contribution in [2.24, 2.45) is 5.41 Å². The van der Waals surface area contributed by atoms with Crippen LogP contribution in [0.3, 0.4) is 0 Å². The molecule has 1 aliphatic carbocycles. The third-order valence-electron chi connectivity index (χ3n) is 2.74. The quantitative estimate of drug-likeness (QED) is 0.627. The molecule has 1 saturated carbocycles. The van der Waals surface area contributed by atoms with Crippen LogP contribution in [0, 0.1) is 5.41 Å². The Balaban J connectivity index is 2.44. The average Bonchev–Trinajstić information content (AvgIpc) is 2.50. The molecule has 12 heavy (non-hydrogen) atoms. The van der Waals surface area contributed by atoms with Gasteiger partial charge in [-0.05, 0) is 19.3 Å². The van der Waals surface area contributed by atoms with E-state index in [0.717, 1.165) is 38.4 Å². The summed E-state index contributed by atoms with van der Waals surface area (Å²) in [4.78, 5) is 10.8. The second kappa shape index (κ2) is 4.17. The van der Waals surface area contributed by atoms with Gasteiger partial charge in [0.05, 0.1) is 0 Å². The van der Waals surface area contributed by atoms with E-state index in [-0.39, 0.29) is 5.41 Å². The van der Waals surface area contributed by atoms with Gasteiger partial charge in [0, 0.05) is 28.2 Å². The molecule has 3 heteroatoms. The zero-order valence-corrected chi connectivity index (χ0v) is 8.36. The summed E-state index contributed by atoms with van der Waals surface area (Å²) in [6, 6.07) is 0. The van der Waals surface area contributed by atoms with Crippen molar-refractivity contribution in [3.8, 4) is 0 Å². The van der Waals surface area contributed by atoms with Crippen LogP contribution >= 0.6 is 0 Å². The molecule has 1 fully saturated rings. The van der Waals surface area contributed by atoms with Gasteiger partial charge in [0.1, 0.15) is 6.29 Å². The van der Waals surface area contributed by atoms with E-state index < -0.39 is 10.8 Å². The van der Waals surface area contributed by atoms with Crippen molar-refractivity contribution in [2.45, 2.75) is 32.1 Å². The Labute approximate surface area is 76.2 Å². The minimum atomic E-state index is -0.748. The Hall–Kier alpha value is -0.180. The van der Waals surface area contributed by atoms with Crippen LogP contribution in [0.25, 0.3) is 0 Å². The molecule has 0 bridgehead atoms. The van der Waals surface area contributed by atoms with E-state index in [1.54, 1.807) is 6.26 Å². The van der Waals surface area contributed by atoms with E-state index >= 15 is 0 Å². The van der Waals surface area contributed by atoms with Crippen LogP contribution in [-0.4, -0.2) is 22.5 Å². The Morgan fingerprint density at radius 3 is 2.42 bits per heavy atom. The molecule has 2 nitrogen and oxygen atoms in total. The Morgan fingerprint density at radius 2 is 2.00 bits per heavy atom. The molecule has 0 aliphatic heterocycles. The first-order chi connectivity index (χ1) is 5.68. The van der Waals surface area contributed by atoms with Crippen LogP contribution in [0.5, 0.6) is 0 Å². The third-order valence-corrected chi connectivity index (χ3v) is 3.52. The summed E-state index contributed by atoms with van der Waals surface area (Å²) in [6.45, 7) is 0. The fraction of sp³-hybridized carbons (Fsp3) is 0.889. The minimum absolute atomic E-state index is 0.105. The highest BCUT2D eigenvalue weighted by atomic mass is 32.2. The van der Waals surface area contributed by atoms with Gasteiger partial charge in [-0.2, -0.15) is 0 Å². The normalized spacial score (nSPS) is 23.8. The monoisotopic (exact) mass is 188 g/mol. The van der Waals surface area contributed by atoms with E-state index in [2.05, 4.69) is 0 Å². The summed E-state index contributed by atoms with van der Waals surface area (Å²) in [5.41, 5.74) is -0.105. The topological polar surface area (TPSA) is 34.1 Å². The van der Waals surface area contributed by atoms with Gasteiger partial charge in [0.15, 0.2) is 0 Å². The molecule has 1 aliphatic rings. The van der Waals surface area contributed by atoms with Gasteiger partial charge < -0.3 is 4.79 Å². The predicted molar refractivity (Wildman–Crippen MR) is 50.5 cm³/mol. The molecule has 0 aromatic heterocycles.